The van der Waals surface area contributed by atoms with Crippen molar-refractivity contribution in [2.45, 2.75) is 26.3 Å². The minimum Gasteiger partial charge on any atom is -0.365 e. The minimum absolute atomic E-state index is 0.199. The number of halogens is 1. The van der Waals surface area contributed by atoms with Gasteiger partial charge in [-0.2, -0.15) is 0 Å². The summed E-state index contributed by atoms with van der Waals surface area (Å²) in [5, 5.41) is 8.90. The van der Waals surface area contributed by atoms with E-state index in [-0.39, 0.29) is 5.82 Å². The highest BCUT2D eigenvalue weighted by atomic mass is 32.1. The van der Waals surface area contributed by atoms with Crippen LogP contribution in [0, 0.1) is 12.7 Å². The average Bonchev–Trinajstić information content (AvgIpc) is 3.36. The summed E-state index contributed by atoms with van der Waals surface area (Å²) >= 11 is 1.21. The van der Waals surface area contributed by atoms with E-state index in [0.717, 1.165) is 11.1 Å². The number of aromatic nitrogens is 4. The summed E-state index contributed by atoms with van der Waals surface area (Å²) in [6.45, 7) is 2.34. The van der Waals surface area contributed by atoms with E-state index in [4.69, 9.17) is 5.73 Å². The van der Waals surface area contributed by atoms with E-state index in [1.54, 1.807) is 23.9 Å². The molecule has 0 aliphatic heterocycles. The Balaban J connectivity index is 1.45. The first-order valence-electron chi connectivity index (χ1n) is 9.48. The number of nitrogens with zero attached hydrogens (tertiary/aromatic N) is 4. The van der Waals surface area contributed by atoms with Gasteiger partial charge in [-0.05, 0) is 36.1 Å². The molecular weight excluding hydrogens is 401 g/mol. The second-order valence-corrected chi connectivity index (χ2v) is 8.00. The van der Waals surface area contributed by atoms with Gasteiger partial charge in [-0.25, -0.2) is 9.37 Å². The quantitative estimate of drug-likeness (QED) is 0.492. The lowest BCUT2D eigenvalue weighted by Gasteiger charge is -2.07. The lowest BCUT2D eigenvalue weighted by molar-refractivity contribution is 0.100. The van der Waals surface area contributed by atoms with E-state index in [1.165, 1.54) is 17.4 Å². The van der Waals surface area contributed by atoms with Gasteiger partial charge in [0, 0.05) is 13.0 Å². The maximum atomic E-state index is 14.2. The van der Waals surface area contributed by atoms with E-state index in [1.807, 2.05) is 36.4 Å². The molecule has 0 spiro atoms. The maximum absolute atomic E-state index is 14.2. The number of hydrogen-bond donors (Lipinski definition) is 1. The molecule has 0 aliphatic rings. The van der Waals surface area contributed by atoms with Crippen LogP contribution in [-0.2, 0) is 19.4 Å². The molecule has 0 radical (unpaired) electrons. The number of rotatable bonds is 7. The Bertz CT molecular complexity index is 1190. The average molecular weight is 422 g/mol. The number of benzene rings is 2. The van der Waals surface area contributed by atoms with Crippen LogP contribution in [0.15, 0.2) is 54.7 Å². The van der Waals surface area contributed by atoms with E-state index >= 15 is 0 Å². The van der Waals surface area contributed by atoms with Gasteiger partial charge in [-0.15, -0.1) is 16.4 Å². The summed E-state index contributed by atoms with van der Waals surface area (Å²) < 4.78 is 16.0. The van der Waals surface area contributed by atoms with Crippen LogP contribution in [0.1, 0.15) is 32.1 Å². The molecule has 0 aliphatic carbocycles. The highest BCUT2D eigenvalue weighted by Crippen LogP contribution is 2.26. The molecule has 8 heteroatoms. The zero-order valence-corrected chi connectivity index (χ0v) is 17.2. The molecule has 0 unspecified atom stereocenters. The number of carbonyl (C=O) groups excluding carboxylic acids is 1. The first-order valence-corrected chi connectivity index (χ1v) is 10.3. The van der Waals surface area contributed by atoms with Crippen molar-refractivity contribution < 1.29 is 9.18 Å². The molecule has 0 atom stereocenters. The summed E-state index contributed by atoms with van der Waals surface area (Å²) in [5.41, 5.74) is 9.32. The second kappa shape index (κ2) is 8.54. The van der Waals surface area contributed by atoms with Crippen LogP contribution in [0.5, 0.6) is 0 Å². The Morgan fingerprint density at radius 1 is 1.17 bits per heavy atom. The molecule has 1 amide bonds. The van der Waals surface area contributed by atoms with Crippen LogP contribution < -0.4 is 5.73 Å². The smallest absolute Gasteiger partial charge is 0.260 e. The number of thiazole rings is 1. The van der Waals surface area contributed by atoms with Gasteiger partial charge < -0.3 is 5.73 Å². The van der Waals surface area contributed by atoms with E-state index in [9.17, 15) is 9.18 Å². The molecule has 2 aromatic carbocycles. The van der Waals surface area contributed by atoms with Gasteiger partial charge in [0.25, 0.3) is 5.91 Å². The van der Waals surface area contributed by atoms with Crippen molar-refractivity contribution in [3.63, 3.8) is 0 Å². The summed E-state index contributed by atoms with van der Waals surface area (Å²) in [6.07, 6.45) is 3.03. The first-order chi connectivity index (χ1) is 14.5. The topological polar surface area (TPSA) is 86.7 Å². The summed E-state index contributed by atoms with van der Waals surface area (Å²) in [4.78, 5) is 16.2. The molecule has 4 aromatic rings. The van der Waals surface area contributed by atoms with Crippen molar-refractivity contribution in [3.05, 3.63) is 87.8 Å². The zero-order chi connectivity index (χ0) is 21.1. The summed E-state index contributed by atoms with van der Waals surface area (Å²) in [5.74, 6) is -0.693. The number of aryl methyl sites for hydroxylation is 3. The van der Waals surface area contributed by atoms with Crippen LogP contribution in [0.3, 0.4) is 0 Å². The van der Waals surface area contributed by atoms with E-state index < -0.39 is 5.91 Å². The van der Waals surface area contributed by atoms with Crippen molar-refractivity contribution in [1.29, 1.82) is 0 Å². The Hall–Kier alpha value is -3.39. The number of primary amides is 1. The van der Waals surface area contributed by atoms with Crippen LogP contribution in [-0.4, -0.2) is 25.9 Å². The van der Waals surface area contributed by atoms with Crippen molar-refractivity contribution in [2.24, 2.45) is 5.73 Å². The van der Waals surface area contributed by atoms with Crippen molar-refractivity contribution >= 4 is 17.2 Å². The molecule has 152 valence electrons. The monoisotopic (exact) mass is 421 g/mol. The predicted octanol–water partition coefficient (Wildman–Crippen LogP) is 3.78. The lowest BCUT2D eigenvalue weighted by Crippen LogP contribution is -2.09. The highest BCUT2D eigenvalue weighted by Gasteiger charge is 2.16. The minimum atomic E-state index is -0.494. The predicted molar refractivity (Wildman–Crippen MR) is 114 cm³/mol. The molecule has 2 N–H and O–H groups in total. The van der Waals surface area contributed by atoms with E-state index in [0.29, 0.717) is 46.2 Å². The largest absolute Gasteiger partial charge is 0.365 e. The summed E-state index contributed by atoms with van der Waals surface area (Å²) in [7, 11) is 0. The molecule has 2 heterocycles. The summed E-state index contributed by atoms with van der Waals surface area (Å²) in [6, 6.07) is 15.1. The van der Waals surface area contributed by atoms with Crippen molar-refractivity contribution in [3.8, 4) is 10.7 Å². The third-order valence-electron chi connectivity index (χ3n) is 4.76. The standard InChI is InChI=1S/C22H20FN5OS/c1-14-20(21(24)29)30-22(25-14)19-13-28(27-26-19)10-9-16-7-8-18(23)17(12-16)11-15-5-3-2-4-6-15/h2-8,12-13H,9-11H2,1H3,(H2,24,29). The van der Waals surface area contributed by atoms with Crippen LogP contribution in [0.25, 0.3) is 10.7 Å². The van der Waals surface area contributed by atoms with Gasteiger partial charge in [0.2, 0.25) is 0 Å². The van der Waals surface area contributed by atoms with Crippen LogP contribution in [0.4, 0.5) is 4.39 Å². The number of carbonyl (C=O) groups is 1. The van der Waals surface area contributed by atoms with Gasteiger partial charge in [0.15, 0.2) is 0 Å². The Morgan fingerprint density at radius 2 is 1.97 bits per heavy atom. The third-order valence-corrected chi connectivity index (χ3v) is 5.95. The molecule has 0 saturated carbocycles. The number of amides is 1. The molecular formula is C22H20FN5OS. The number of hydrogen-bond acceptors (Lipinski definition) is 5. The maximum Gasteiger partial charge on any atom is 0.260 e. The molecule has 6 nitrogen and oxygen atoms in total. The van der Waals surface area contributed by atoms with Gasteiger partial charge in [-0.1, -0.05) is 47.7 Å². The Morgan fingerprint density at radius 3 is 2.70 bits per heavy atom. The molecule has 2 aromatic heterocycles. The van der Waals surface area contributed by atoms with Crippen LogP contribution in [0.2, 0.25) is 0 Å². The fourth-order valence-corrected chi connectivity index (χ4v) is 4.09. The molecule has 0 saturated heterocycles. The molecule has 0 fully saturated rings. The van der Waals surface area contributed by atoms with Crippen molar-refractivity contribution in [2.75, 3.05) is 0 Å². The third kappa shape index (κ3) is 4.44. The van der Waals surface area contributed by atoms with Crippen molar-refractivity contribution in [1.82, 2.24) is 20.0 Å². The lowest BCUT2D eigenvalue weighted by atomic mass is 10.0. The first kappa shape index (κ1) is 19.9. The van der Waals surface area contributed by atoms with Gasteiger partial charge in [0.1, 0.15) is 21.4 Å². The second-order valence-electron chi connectivity index (χ2n) is 7.00. The fourth-order valence-electron chi connectivity index (χ4n) is 3.22. The van der Waals surface area contributed by atoms with Gasteiger partial charge >= 0.3 is 0 Å². The zero-order valence-electron chi connectivity index (χ0n) is 16.4. The molecule has 4 rings (SSSR count). The molecule has 0 bridgehead atoms. The van der Waals surface area contributed by atoms with Gasteiger partial charge in [-0.3, -0.25) is 9.48 Å². The molecule has 30 heavy (non-hydrogen) atoms. The Labute approximate surface area is 177 Å². The van der Waals surface area contributed by atoms with Crippen LogP contribution >= 0.6 is 11.3 Å². The van der Waals surface area contributed by atoms with Gasteiger partial charge in [0.05, 0.1) is 11.9 Å². The Kier molecular flexibility index (Phi) is 5.67. The van der Waals surface area contributed by atoms with E-state index in [2.05, 4.69) is 15.3 Å². The fraction of sp³-hybridized carbons (Fsp3) is 0.182. The number of nitrogens with two attached hydrogens (primary N) is 1. The normalized spacial score (nSPS) is 11.0. The highest BCUT2D eigenvalue weighted by molar-refractivity contribution is 7.17. The SMILES string of the molecule is Cc1nc(-c2cn(CCc3ccc(F)c(Cc4ccccc4)c3)nn2)sc1C(N)=O.